The molecule has 4 heteroatoms. The highest BCUT2D eigenvalue weighted by atomic mass is 19.1. The van der Waals surface area contributed by atoms with Crippen LogP contribution in [-0.2, 0) is 0 Å². The number of rotatable bonds is 4. The van der Waals surface area contributed by atoms with Crippen molar-refractivity contribution in [2.24, 2.45) is 0 Å². The predicted molar refractivity (Wildman–Crippen MR) is 72.0 cm³/mol. The average molecular weight is 276 g/mol. The third-order valence-electron chi connectivity index (χ3n) is 2.89. The molecule has 2 rings (SSSR count). The Morgan fingerprint density at radius 3 is 2.40 bits per heavy atom. The van der Waals surface area contributed by atoms with E-state index in [-0.39, 0.29) is 11.5 Å². The van der Waals surface area contributed by atoms with Crippen LogP contribution >= 0.6 is 0 Å². The van der Waals surface area contributed by atoms with Gasteiger partial charge in [0.1, 0.15) is 5.82 Å². The van der Waals surface area contributed by atoms with Crippen LogP contribution in [0.5, 0.6) is 5.75 Å². The van der Waals surface area contributed by atoms with E-state index in [0.717, 1.165) is 5.56 Å². The summed E-state index contributed by atoms with van der Waals surface area (Å²) in [5.74, 6) is -1.23. The van der Waals surface area contributed by atoms with Crippen LogP contribution in [0.1, 0.15) is 22.8 Å². The van der Waals surface area contributed by atoms with Gasteiger partial charge >= 0.3 is 0 Å². The number of Topliss-reactive ketones (excluding diaryl/α,β-unsaturated/α-hetero) is 1. The zero-order chi connectivity index (χ0) is 14.7. The van der Waals surface area contributed by atoms with E-state index in [1.54, 1.807) is 13.0 Å². The van der Waals surface area contributed by atoms with Gasteiger partial charge in [-0.2, -0.15) is 0 Å². The van der Waals surface area contributed by atoms with Crippen LogP contribution < -0.4 is 4.74 Å². The minimum atomic E-state index is -0.850. The van der Waals surface area contributed by atoms with Gasteiger partial charge in [-0.1, -0.05) is 6.07 Å². The summed E-state index contributed by atoms with van der Waals surface area (Å²) in [6.45, 7) is 3.34. The van der Waals surface area contributed by atoms with Crippen LogP contribution in [0.4, 0.5) is 8.78 Å². The standard InChI is InChI=1S/C16H14F2O2/c1-10-3-8-14(18)15(9-10)20-11(2)16(19)12-4-6-13(17)7-5-12/h3-9,11H,1-2H3. The summed E-state index contributed by atoms with van der Waals surface area (Å²) >= 11 is 0. The Kier molecular flexibility index (Phi) is 4.13. The van der Waals surface area contributed by atoms with E-state index < -0.39 is 17.7 Å². The molecule has 0 amide bonds. The number of ether oxygens (including phenoxy) is 1. The number of benzene rings is 2. The maximum Gasteiger partial charge on any atom is 0.202 e. The zero-order valence-corrected chi connectivity index (χ0v) is 11.2. The second kappa shape index (κ2) is 5.82. The maximum atomic E-state index is 13.6. The fraction of sp³-hybridized carbons (Fsp3) is 0.188. The van der Waals surface area contributed by atoms with Crippen LogP contribution in [0.2, 0.25) is 0 Å². The molecule has 20 heavy (non-hydrogen) atoms. The number of carbonyl (C=O) groups is 1. The van der Waals surface area contributed by atoms with E-state index >= 15 is 0 Å². The summed E-state index contributed by atoms with van der Waals surface area (Å²) in [4.78, 5) is 12.1. The zero-order valence-electron chi connectivity index (χ0n) is 11.2. The lowest BCUT2D eigenvalue weighted by Crippen LogP contribution is -2.24. The number of hydrogen-bond donors (Lipinski definition) is 0. The minimum Gasteiger partial charge on any atom is -0.479 e. The summed E-state index contributed by atoms with van der Waals surface area (Å²) in [7, 11) is 0. The molecule has 0 saturated heterocycles. The average Bonchev–Trinajstić information content (AvgIpc) is 2.43. The lowest BCUT2D eigenvalue weighted by molar-refractivity contribution is 0.0812. The van der Waals surface area contributed by atoms with E-state index in [4.69, 9.17) is 4.74 Å². The van der Waals surface area contributed by atoms with Gasteiger partial charge in [-0.3, -0.25) is 4.79 Å². The van der Waals surface area contributed by atoms with Crippen molar-refractivity contribution in [2.45, 2.75) is 20.0 Å². The van der Waals surface area contributed by atoms with Crippen molar-refractivity contribution in [3.8, 4) is 5.75 Å². The minimum absolute atomic E-state index is 0.0351. The summed E-state index contributed by atoms with van der Waals surface area (Å²) in [6, 6.07) is 9.60. The third-order valence-corrected chi connectivity index (χ3v) is 2.89. The monoisotopic (exact) mass is 276 g/mol. The first kappa shape index (κ1) is 14.2. The molecule has 0 aromatic heterocycles. The van der Waals surface area contributed by atoms with Gasteiger partial charge < -0.3 is 4.74 Å². The Balaban J connectivity index is 2.15. The van der Waals surface area contributed by atoms with Gasteiger partial charge in [0.15, 0.2) is 17.7 Å². The van der Waals surface area contributed by atoms with Crippen molar-refractivity contribution >= 4 is 5.78 Å². The van der Waals surface area contributed by atoms with Crippen LogP contribution in [0, 0.1) is 18.6 Å². The molecule has 2 nitrogen and oxygen atoms in total. The summed E-state index contributed by atoms with van der Waals surface area (Å²) < 4.78 is 31.7. The molecule has 0 heterocycles. The van der Waals surface area contributed by atoms with Crippen molar-refractivity contribution in [3.05, 3.63) is 65.2 Å². The van der Waals surface area contributed by atoms with Crippen LogP contribution in [0.25, 0.3) is 0 Å². The largest absolute Gasteiger partial charge is 0.479 e. The molecule has 0 radical (unpaired) electrons. The molecule has 104 valence electrons. The Morgan fingerprint density at radius 1 is 1.10 bits per heavy atom. The fourth-order valence-corrected chi connectivity index (χ4v) is 1.79. The second-order valence-corrected chi connectivity index (χ2v) is 4.57. The summed E-state index contributed by atoms with van der Waals surface area (Å²) in [5, 5.41) is 0. The van der Waals surface area contributed by atoms with E-state index in [9.17, 15) is 13.6 Å². The Bertz CT molecular complexity index is 621. The quantitative estimate of drug-likeness (QED) is 0.791. The molecule has 0 aliphatic heterocycles. The molecule has 1 atom stereocenters. The number of carbonyl (C=O) groups excluding carboxylic acids is 1. The summed E-state index contributed by atoms with van der Waals surface area (Å²) in [5.41, 5.74) is 1.16. The lowest BCUT2D eigenvalue weighted by Gasteiger charge is -2.14. The van der Waals surface area contributed by atoms with Crippen LogP contribution in [0.15, 0.2) is 42.5 Å². The van der Waals surface area contributed by atoms with Crippen LogP contribution in [-0.4, -0.2) is 11.9 Å². The Morgan fingerprint density at radius 2 is 1.75 bits per heavy atom. The Hall–Kier alpha value is -2.23. The number of aryl methyl sites for hydroxylation is 1. The van der Waals surface area contributed by atoms with Crippen molar-refractivity contribution in [1.82, 2.24) is 0 Å². The molecule has 0 aliphatic rings. The fourth-order valence-electron chi connectivity index (χ4n) is 1.79. The molecular weight excluding hydrogens is 262 g/mol. The third kappa shape index (κ3) is 3.20. The highest BCUT2D eigenvalue weighted by Crippen LogP contribution is 2.20. The molecule has 0 bridgehead atoms. The first-order valence-corrected chi connectivity index (χ1v) is 6.20. The lowest BCUT2D eigenvalue weighted by atomic mass is 10.1. The smallest absolute Gasteiger partial charge is 0.202 e. The molecule has 1 unspecified atom stereocenters. The number of hydrogen-bond acceptors (Lipinski definition) is 2. The number of ketones is 1. The van der Waals surface area contributed by atoms with Gasteiger partial charge in [0.25, 0.3) is 0 Å². The maximum absolute atomic E-state index is 13.6. The first-order chi connectivity index (χ1) is 9.47. The van der Waals surface area contributed by atoms with Crippen molar-refractivity contribution < 1.29 is 18.3 Å². The van der Waals surface area contributed by atoms with Gasteiger partial charge in [0.2, 0.25) is 5.78 Å². The van der Waals surface area contributed by atoms with E-state index in [1.807, 2.05) is 0 Å². The summed E-state index contributed by atoms with van der Waals surface area (Å²) in [6.07, 6.45) is -0.850. The van der Waals surface area contributed by atoms with E-state index in [0.29, 0.717) is 5.56 Å². The van der Waals surface area contributed by atoms with Crippen LogP contribution in [0.3, 0.4) is 0 Å². The molecule has 0 fully saturated rings. The second-order valence-electron chi connectivity index (χ2n) is 4.57. The van der Waals surface area contributed by atoms with Gasteiger partial charge in [-0.15, -0.1) is 0 Å². The first-order valence-electron chi connectivity index (χ1n) is 6.20. The highest BCUT2D eigenvalue weighted by molar-refractivity contribution is 5.99. The predicted octanol–water partition coefficient (Wildman–Crippen LogP) is 3.92. The van der Waals surface area contributed by atoms with Gasteiger partial charge in [-0.05, 0) is 55.8 Å². The molecule has 0 N–H and O–H groups in total. The van der Waals surface area contributed by atoms with E-state index in [1.165, 1.54) is 43.3 Å². The van der Waals surface area contributed by atoms with Gasteiger partial charge in [0, 0.05) is 5.56 Å². The molecule has 0 spiro atoms. The molecule has 2 aromatic rings. The molecular formula is C16H14F2O2. The molecule has 0 saturated carbocycles. The normalized spacial score (nSPS) is 12.0. The SMILES string of the molecule is Cc1ccc(F)c(OC(C)C(=O)c2ccc(F)cc2)c1. The topological polar surface area (TPSA) is 26.3 Å². The van der Waals surface area contributed by atoms with Crippen molar-refractivity contribution in [2.75, 3.05) is 0 Å². The van der Waals surface area contributed by atoms with Crippen molar-refractivity contribution in [3.63, 3.8) is 0 Å². The molecule has 0 aliphatic carbocycles. The van der Waals surface area contributed by atoms with Crippen molar-refractivity contribution in [1.29, 1.82) is 0 Å². The Labute approximate surface area is 116 Å². The van der Waals surface area contributed by atoms with Gasteiger partial charge in [0.05, 0.1) is 0 Å². The highest BCUT2D eigenvalue weighted by Gasteiger charge is 2.18. The number of halogens is 2. The molecule has 2 aromatic carbocycles. The van der Waals surface area contributed by atoms with E-state index in [2.05, 4.69) is 0 Å². The van der Waals surface area contributed by atoms with Gasteiger partial charge in [-0.25, -0.2) is 8.78 Å².